The van der Waals surface area contributed by atoms with Crippen LogP contribution in [0.5, 0.6) is 34.5 Å². The lowest BCUT2D eigenvalue weighted by Gasteiger charge is -2.16. The molecule has 7 aromatic carbocycles. The normalized spacial score (nSPS) is 10.5. The molecule has 0 spiro atoms. The van der Waals surface area contributed by atoms with E-state index in [0.717, 1.165) is 22.3 Å². The van der Waals surface area contributed by atoms with Crippen molar-refractivity contribution in [1.82, 2.24) is 0 Å². The van der Waals surface area contributed by atoms with Gasteiger partial charge in [-0.15, -0.1) is 0 Å². The molecular formula is C65H60O15. The minimum absolute atomic E-state index is 0.0647. The fourth-order valence-electron chi connectivity index (χ4n) is 7.47. The van der Waals surface area contributed by atoms with Crippen LogP contribution in [0.25, 0.3) is 0 Å². The van der Waals surface area contributed by atoms with Crippen molar-refractivity contribution in [2.24, 2.45) is 0 Å². The third-order valence-electron chi connectivity index (χ3n) is 11.5. The van der Waals surface area contributed by atoms with E-state index in [2.05, 4.69) is 26.3 Å². The number of hydrogen-bond donors (Lipinski definition) is 1. The number of aliphatic hydroxyl groups excluding tert-OH is 1. The molecule has 1 N–H and O–H groups in total. The van der Waals surface area contributed by atoms with Gasteiger partial charge in [-0.05, 0) is 124 Å². The third-order valence-corrected chi connectivity index (χ3v) is 11.5. The number of esters is 4. The maximum atomic E-state index is 12.3. The highest BCUT2D eigenvalue weighted by molar-refractivity contribution is 5.91. The van der Waals surface area contributed by atoms with Gasteiger partial charge in [0.25, 0.3) is 0 Å². The molecule has 0 aliphatic heterocycles. The zero-order valence-corrected chi connectivity index (χ0v) is 44.0. The maximum absolute atomic E-state index is 12.3. The van der Waals surface area contributed by atoms with Crippen molar-refractivity contribution in [3.8, 4) is 34.5 Å². The molecule has 0 aliphatic carbocycles. The largest absolute Gasteiger partial charge is 0.489 e. The number of rotatable bonds is 31. The summed E-state index contributed by atoms with van der Waals surface area (Å²) in [6, 6.07) is 43.5. The smallest absolute Gasteiger partial charge is 0.338 e. The van der Waals surface area contributed by atoms with Crippen LogP contribution in [0.3, 0.4) is 0 Å². The molecule has 0 heterocycles. The molecule has 15 nitrogen and oxygen atoms in total. The van der Waals surface area contributed by atoms with Crippen LogP contribution in [-0.2, 0) is 65.2 Å². The molecule has 15 heteroatoms. The van der Waals surface area contributed by atoms with Crippen LogP contribution in [-0.4, -0.2) is 55.4 Å². The summed E-state index contributed by atoms with van der Waals surface area (Å²) in [5.41, 5.74) is 6.74. The Morgan fingerprint density at radius 3 is 0.700 bits per heavy atom. The Hall–Kier alpha value is -9.86. The van der Waals surface area contributed by atoms with Gasteiger partial charge in [-0.1, -0.05) is 99.2 Å². The zero-order chi connectivity index (χ0) is 56.5. The SMILES string of the molecule is C=CCOC(=O)c1ccc(COc2cc(COc3cc(CO)cc(OCc4cc(OCc5ccc(C(=O)OCC=C)cc5)cc(OCc5ccc(C(=O)OCC=C)cc5)c4)c3)cc(OCc3ccc(C(=O)OCC=C)cc3)c2)cc1. The Balaban J connectivity index is 1.06. The summed E-state index contributed by atoms with van der Waals surface area (Å²) < 4.78 is 58.3. The number of aliphatic hydroxyl groups is 1. The first-order chi connectivity index (χ1) is 39.0. The molecule has 0 unspecified atom stereocenters. The van der Waals surface area contributed by atoms with E-state index in [-0.39, 0.29) is 72.7 Å². The second-order valence-corrected chi connectivity index (χ2v) is 17.7. The molecule has 0 fully saturated rings. The van der Waals surface area contributed by atoms with Crippen molar-refractivity contribution in [3.63, 3.8) is 0 Å². The summed E-state index contributed by atoms with van der Waals surface area (Å²) in [7, 11) is 0. The van der Waals surface area contributed by atoms with E-state index in [1.807, 2.05) is 24.3 Å². The quantitative estimate of drug-likeness (QED) is 0.0246. The Morgan fingerprint density at radius 1 is 0.300 bits per heavy atom. The number of hydrogen-bond acceptors (Lipinski definition) is 15. The molecule has 80 heavy (non-hydrogen) atoms. The average molecular weight is 1080 g/mol. The molecule has 0 aromatic heterocycles. The van der Waals surface area contributed by atoms with Gasteiger partial charge in [0.2, 0.25) is 0 Å². The van der Waals surface area contributed by atoms with Crippen molar-refractivity contribution in [3.05, 3.63) is 263 Å². The van der Waals surface area contributed by atoms with E-state index in [1.165, 1.54) is 24.3 Å². The molecule has 0 bridgehead atoms. The van der Waals surface area contributed by atoms with Gasteiger partial charge < -0.3 is 52.5 Å². The highest BCUT2D eigenvalue weighted by Gasteiger charge is 2.14. The first kappa shape index (κ1) is 57.8. The number of carbonyl (C=O) groups excluding carboxylic acids is 4. The van der Waals surface area contributed by atoms with Crippen LogP contribution in [0.1, 0.15) is 80.4 Å². The Labute approximate surface area is 464 Å². The lowest BCUT2D eigenvalue weighted by molar-refractivity contribution is 0.0540. The summed E-state index contributed by atoms with van der Waals surface area (Å²) in [5.74, 6) is 0.931. The van der Waals surface area contributed by atoms with Crippen molar-refractivity contribution < 1.29 is 71.7 Å². The summed E-state index contributed by atoms with van der Waals surface area (Å²) in [4.78, 5) is 49.4. The van der Waals surface area contributed by atoms with Gasteiger partial charge in [-0.25, -0.2) is 19.2 Å². The number of carbonyl (C=O) groups is 4. The molecule has 0 saturated heterocycles. The summed E-state index contributed by atoms with van der Waals surface area (Å²) >= 11 is 0. The van der Waals surface area contributed by atoms with E-state index >= 15 is 0 Å². The van der Waals surface area contributed by atoms with Gasteiger partial charge in [0, 0.05) is 18.2 Å². The van der Waals surface area contributed by atoms with Crippen LogP contribution >= 0.6 is 0 Å². The molecule has 7 aromatic rings. The van der Waals surface area contributed by atoms with Gasteiger partial charge in [0.1, 0.15) is 101 Å². The molecule has 7 rings (SSSR count). The molecule has 0 atom stereocenters. The zero-order valence-electron chi connectivity index (χ0n) is 44.0. The number of benzene rings is 7. The fraction of sp³-hybridized carbons (Fsp3) is 0.169. The van der Waals surface area contributed by atoms with Crippen LogP contribution in [0, 0.1) is 0 Å². The molecule has 0 saturated carbocycles. The number of ether oxygens (including phenoxy) is 10. The molecule has 0 radical (unpaired) electrons. The molecule has 0 aliphatic rings. The van der Waals surface area contributed by atoms with Gasteiger partial charge in [-0.3, -0.25) is 0 Å². The van der Waals surface area contributed by atoms with E-state index in [9.17, 15) is 24.3 Å². The van der Waals surface area contributed by atoms with E-state index in [0.29, 0.717) is 73.4 Å². The predicted molar refractivity (Wildman–Crippen MR) is 299 cm³/mol. The fourth-order valence-corrected chi connectivity index (χ4v) is 7.47. The minimum Gasteiger partial charge on any atom is -0.489 e. The van der Waals surface area contributed by atoms with Crippen molar-refractivity contribution in [2.75, 3.05) is 26.4 Å². The molecular weight excluding hydrogens is 1020 g/mol. The summed E-state index contributed by atoms with van der Waals surface area (Å²) in [6.45, 7) is 15.3. The van der Waals surface area contributed by atoms with Crippen LogP contribution in [0.4, 0.5) is 0 Å². The van der Waals surface area contributed by atoms with Crippen LogP contribution in [0.15, 0.2) is 202 Å². The molecule has 0 amide bonds. The van der Waals surface area contributed by atoms with Crippen molar-refractivity contribution >= 4 is 23.9 Å². The lowest BCUT2D eigenvalue weighted by atomic mass is 10.1. The highest BCUT2D eigenvalue weighted by atomic mass is 16.5. The van der Waals surface area contributed by atoms with E-state index < -0.39 is 23.9 Å². The second kappa shape index (κ2) is 30.2. The first-order valence-electron chi connectivity index (χ1n) is 25.3. The minimum atomic E-state index is -0.459. The van der Waals surface area contributed by atoms with Gasteiger partial charge in [0.15, 0.2) is 0 Å². The first-order valence-corrected chi connectivity index (χ1v) is 25.3. The van der Waals surface area contributed by atoms with Crippen molar-refractivity contribution in [1.29, 1.82) is 0 Å². The van der Waals surface area contributed by atoms with E-state index in [1.54, 1.807) is 127 Å². The summed E-state index contributed by atoms with van der Waals surface area (Å²) in [5, 5.41) is 10.3. The van der Waals surface area contributed by atoms with Gasteiger partial charge in [0.05, 0.1) is 28.9 Å². The Bertz CT molecular complexity index is 2840. The van der Waals surface area contributed by atoms with E-state index in [4.69, 9.17) is 47.4 Å². The molecule has 410 valence electrons. The van der Waals surface area contributed by atoms with Crippen LogP contribution < -0.4 is 28.4 Å². The maximum Gasteiger partial charge on any atom is 0.338 e. The highest BCUT2D eigenvalue weighted by Crippen LogP contribution is 2.31. The summed E-state index contributed by atoms with van der Waals surface area (Å²) in [6.07, 6.45) is 6.01. The Kier molecular flexibility index (Phi) is 21.8. The standard InChI is InChI=1S/C65H60O15/c1-5-25-71-62(67)52-17-9-45(10-18-52)39-75-58-31-50(32-59(36-58)76-40-46-11-19-53(20-12-46)63(68)72-26-6-2)43-79-56-29-49(38-66)30-57(35-56)80-44-51-33-60(77-41-47-13-21-54(22-14-47)64(69)73-27-7-3)37-61(34-51)78-42-48-15-23-55(24-16-48)65(70)74-28-8-4/h5-24,29-37,66H,1-4,25-28,38-44H2. The monoisotopic (exact) mass is 1080 g/mol. The van der Waals surface area contributed by atoms with Crippen LogP contribution in [0.2, 0.25) is 0 Å². The Morgan fingerprint density at radius 2 is 0.500 bits per heavy atom. The van der Waals surface area contributed by atoms with Gasteiger partial charge in [-0.2, -0.15) is 0 Å². The average Bonchev–Trinajstić information content (AvgIpc) is 3.50. The topological polar surface area (TPSA) is 181 Å². The van der Waals surface area contributed by atoms with Gasteiger partial charge >= 0.3 is 23.9 Å². The second-order valence-electron chi connectivity index (χ2n) is 17.7. The van der Waals surface area contributed by atoms with Crippen molar-refractivity contribution in [2.45, 2.75) is 46.2 Å². The predicted octanol–water partition coefficient (Wildman–Crippen LogP) is 12.0. The third kappa shape index (κ3) is 18.1. The lowest BCUT2D eigenvalue weighted by Crippen LogP contribution is -2.06.